The second-order valence-corrected chi connectivity index (χ2v) is 4.25. The third kappa shape index (κ3) is 2.21. The molecule has 0 saturated carbocycles. The van der Waals surface area contributed by atoms with E-state index in [9.17, 15) is 0 Å². The first kappa shape index (κ1) is 12.1. The first-order chi connectivity index (χ1) is 8.17. The Hall–Kier alpha value is -1.33. The number of aryl methyl sites for hydroxylation is 2. The zero-order valence-electron chi connectivity index (χ0n) is 10.0. The zero-order valence-corrected chi connectivity index (χ0v) is 10.8. The number of nitrogens with zero attached hydrogens (tertiary/aromatic N) is 4. The van der Waals surface area contributed by atoms with Crippen LogP contribution in [-0.4, -0.2) is 19.6 Å². The van der Waals surface area contributed by atoms with Gasteiger partial charge in [-0.2, -0.15) is 10.2 Å². The van der Waals surface area contributed by atoms with Gasteiger partial charge in [0.05, 0.1) is 28.6 Å². The molecule has 0 unspecified atom stereocenters. The predicted octanol–water partition coefficient (Wildman–Crippen LogP) is 1.34. The van der Waals surface area contributed by atoms with Crippen LogP contribution in [0.2, 0.25) is 5.02 Å². The first-order valence-corrected chi connectivity index (χ1v) is 5.96. The molecule has 0 radical (unpaired) electrons. The average molecular weight is 254 g/mol. The number of nitrogens with two attached hydrogens (primary N) is 1. The molecular weight excluding hydrogens is 238 g/mol. The van der Waals surface area contributed by atoms with E-state index in [1.807, 2.05) is 29.4 Å². The SMILES string of the molecule is CCc1nn(C)c(Cn2nccc2CN)c1Cl. The molecule has 2 rings (SSSR count). The lowest BCUT2D eigenvalue weighted by Gasteiger charge is -2.06. The standard InChI is InChI=1S/C11H16ClN5/c1-3-9-11(12)10(16(2)15-9)7-17-8(6-13)4-5-14-17/h4-5H,3,6-7,13H2,1-2H3. The molecule has 92 valence electrons. The summed E-state index contributed by atoms with van der Waals surface area (Å²) in [5, 5.41) is 9.34. The van der Waals surface area contributed by atoms with Gasteiger partial charge in [-0.1, -0.05) is 18.5 Å². The van der Waals surface area contributed by atoms with Crippen molar-refractivity contribution in [1.29, 1.82) is 0 Å². The van der Waals surface area contributed by atoms with Crippen LogP contribution in [0.3, 0.4) is 0 Å². The summed E-state index contributed by atoms with van der Waals surface area (Å²) in [5.74, 6) is 0. The summed E-state index contributed by atoms with van der Waals surface area (Å²) in [6.45, 7) is 3.11. The van der Waals surface area contributed by atoms with Gasteiger partial charge in [-0.15, -0.1) is 0 Å². The van der Waals surface area contributed by atoms with Crippen molar-refractivity contribution in [3.05, 3.63) is 34.4 Å². The second kappa shape index (κ2) is 4.89. The predicted molar refractivity (Wildman–Crippen MR) is 66.8 cm³/mol. The topological polar surface area (TPSA) is 61.7 Å². The maximum atomic E-state index is 6.29. The lowest BCUT2D eigenvalue weighted by molar-refractivity contribution is 0.595. The van der Waals surface area contributed by atoms with Crippen LogP contribution in [0.15, 0.2) is 12.3 Å². The van der Waals surface area contributed by atoms with Gasteiger partial charge in [0.1, 0.15) is 0 Å². The van der Waals surface area contributed by atoms with Crippen LogP contribution in [0, 0.1) is 0 Å². The van der Waals surface area contributed by atoms with Crippen LogP contribution in [0.5, 0.6) is 0 Å². The number of aromatic nitrogens is 4. The molecule has 0 fully saturated rings. The van der Waals surface area contributed by atoms with E-state index in [0.29, 0.717) is 13.1 Å². The summed E-state index contributed by atoms with van der Waals surface area (Å²) in [6.07, 6.45) is 2.57. The Morgan fingerprint density at radius 3 is 2.82 bits per heavy atom. The van der Waals surface area contributed by atoms with Gasteiger partial charge in [-0.25, -0.2) is 0 Å². The molecule has 0 aliphatic heterocycles. The van der Waals surface area contributed by atoms with Crippen LogP contribution < -0.4 is 5.73 Å². The third-order valence-electron chi connectivity index (χ3n) is 2.82. The fourth-order valence-corrected chi connectivity index (χ4v) is 2.16. The van der Waals surface area contributed by atoms with E-state index in [4.69, 9.17) is 17.3 Å². The van der Waals surface area contributed by atoms with Gasteiger partial charge in [0.25, 0.3) is 0 Å². The van der Waals surface area contributed by atoms with Gasteiger partial charge in [0, 0.05) is 19.8 Å². The molecule has 0 spiro atoms. The van der Waals surface area contributed by atoms with Crippen molar-refractivity contribution in [2.24, 2.45) is 12.8 Å². The lowest BCUT2D eigenvalue weighted by Crippen LogP contribution is -2.12. The minimum atomic E-state index is 0.468. The summed E-state index contributed by atoms with van der Waals surface area (Å²) < 4.78 is 3.66. The van der Waals surface area contributed by atoms with Crippen molar-refractivity contribution in [3.63, 3.8) is 0 Å². The average Bonchev–Trinajstić information content (AvgIpc) is 2.88. The molecule has 0 atom stereocenters. The van der Waals surface area contributed by atoms with Crippen LogP contribution in [0.4, 0.5) is 0 Å². The summed E-state index contributed by atoms with van der Waals surface area (Å²) in [6, 6.07) is 1.91. The molecule has 0 amide bonds. The smallest absolute Gasteiger partial charge is 0.0869 e. The highest BCUT2D eigenvalue weighted by atomic mass is 35.5. The first-order valence-electron chi connectivity index (χ1n) is 5.58. The molecule has 0 aromatic carbocycles. The number of hydrogen-bond donors (Lipinski definition) is 1. The highest BCUT2D eigenvalue weighted by Crippen LogP contribution is 2.21. The molecule has 6 heteroatoms. The van der Waals surface area contributed by atoms with Crippen molar-refractivity contribution in [2.45, 2.75) is 26.4 Å². The highest BCUT2D eigenvalue weighted by molar-refractivity contribution is 6.31. The van der Waals surface area contributed by atoms with E-state index in [2.05, 4.69) is 10.2 Å². The quantitative estimate of drug-likeness (QED) is 0.895. The van der Waals surface area contributed by atoms with Gasteiger partial charge >= 0.3 is 0 Å². The molecule has 17 heavy (non-hydrogen) atoms. The van der Waals surface area contributed by atoms with E-state index < -0.39 is 0 Å². The van der Waals surface area contributed by atoms with Gasteiger partial charge in [-0.3, -0.25) is 9.36 Å². The molecule has 2 N–H and O–H groups in total. The Labute approximate surface area is 105 Å². The summed E-state index contributed by atoms with van der Waals surface area (Å²) in [7, 11) is 1.89. The Balaban J connectivity index is 2.33. The number of rotatable bonds is 4. The molecule has 0 aliphatic carbocycles. The summed E-state index contributed by atoms with van der Waals surface area (Å²) in [4.78, 5) is 0. The van der Waals surface area contributed by atoms with Crippen molar-refractivity contribution in [2.75, 3.05) is 0 Å². The van der Waals surface area contributed by atoms with Crippen molar-refractivity contribution in [1.82, 2.24) is 19.6 Å². The van der Waals surface area contributed by atoms with Gasteiger partial charge < -0.3 is 5.73 Å². The molecule has 2 aromatic rings. The third-order valence-corrected chi connectivity index (χ3v) is 3.25. The monoisotopic (exact) mass is 253 g/mol. The van der Waals surface area contributed by atoms with Gasteiger partial charge in [-0.05, 0) is 12.5 Å². The normalized spacial score (nSPS) is 11.1. The maximum absolute atomic E-state index is 6.29. The highest BCUT2D eigenvalue weighted by Gasteiger charge is 2.14. The Morgan fingerprint density at radius 2 is 2.24 bits per heavy atom. The molecule has 0 saturated heterocycles. The van der Waals surface area contributed by atoms with Crippen LogP contribution >= 0.6 is 11.6 Å². The minimum absolute atomic E-state index is 0.468. The zero-order chi connectivity index (χ0) is 12.4. The maximum Gasteiger partial charge on any atom is 0.0869 e. The van der Waals surface area contributed by atoms with Crippen molar-refractivity contribution >= 4 is 11.6 Å². The molecule has 5 nitrogen and oxygen atoms in total. The number of hydrogen-bond acceptors (Lipinski definition) is 3. The Morgan fingerprint density at radius 1 is 1.47 bits per heavy atom. The van der Waals surface area contributed by atoms with Crippen LogP contribution in [-0.2, 0) is 26.6 Å². The fourth-order valence-electron chi connectivity index (χ4n) is 1.81. The fraction of sp³-hybridized carbons (Fsp3) is 0.455. The Bertz CT molecular complexity index is 514. The molecule has 0 aliphatic rings. The van der Waals surface area contributed by atoms with E-state index in [-0.39, 0.29) is 0 Å². The van der Waals surface area contributed by atoms with E-state index in [0.717, 1.165) is 28.5 Å². The molecule has 0 bridgehead atoms. The van der Waals surface area contributed by atoms with Crippen molar-refractivity contribution in [3.8, 4) is 0 Å². The summed E-state index contributed by atoms with van der Waals surface area (Å²) >= 11 is 6.29. The number of halogens is 1. The molecular formula is C11H16ClN5. The summed E-state index contributed by atoms with van der Waals surface area (Å²) in [5.41, 5.74) is 8.51. The van der Waals surface area contributed by atoms with Crippen LogP contribution in [0.25, 0.3) is 0 Å². The lowest BCUT2D eigenvalue weighted by atomic mass is 10.3. The van der Waals surface area contributed by atoms with E-state index in [1.165, 1.54) is 0 Å². The second-order valence-electron chi connectivity index (χ2n) is 3.87. The van der Waals surface area contributed by atoms with E-state index in [1.54, 1.807) is 6.20 Å². The molecule has 2 heterocycles. The van der Waals surface area contributed by atoms with Gasteiger partial charge in [0.2, 0.25) is 0 Å². The molecule has 2 aromatic heterocycles. The van der Waals surface area contributed by atoms with Crippen LogP contribution in [0.1, 0.15) is 24.0 Å². The largest absolute Gasteiger partial charge is 0.325 e. The minimum Gasteiger partial charge on any atom is -0.325 e. The van der Waals surface area contributed by atoms with Crippen molar-refractivity contribution < 1.29 is 0 Å². The Kier molecular flexibility index (Phi) is 3.49. The van der Waals surface area contributed by atoms with E-state index >= 15 is 0 Å². The van der Waals surface area contributed by atoms with Gasteiger partial charge in [0.15, 0.2) is 0 Å².